The first kappa shape index (κ1) is 20.5. The van der Waals surface area contributed by atoms with Crippen LogP contribution >= 0.6 is 0 Å². The highest BCUT2D eigenvalue weighted by molar-refractivity contribution is 5.91. The third kappa shape index (κ3) is 4.21. The molecule has 1 aliphatic rings. The Hall–Kier alpha value is -2.79. The van der Waals surface area contributed by atoms with Gasteiger partial charge >= 0.3 is 0 Å². The molecule has 1 amide bonds. The summed E-state index contributed by atoms with van der Waals surface area (Å²) in [4.78, 5) is 20.9. The topological polar surface area (TPSA) is 48.6 Å². The molecule has 1 saturated heterocycles. The number of aromatic nitrogens is 1. The first-order chi connectivity index (χ1) is 14.6. The van der Waals surface area contributed by atoms with Crippen LogP contribution in [0.5, 0.6) is 5.75 Å². The number of likely N-dealkylation sites (tertiary alicyclic amines) is 1. The first-order valence-electron chi connectivity index (χ1n) is 10.7. The molecular formula is C25H31N3O2. The number of nitrogens with one attached hydrogen (secondary N) is 1. The van der Waals surface area contributed by atoms with Gasteiger partial charge in [0.2, 0.25) is 5.91 Å². The van der Waals surface area contributed by atoms with E-state index >= 15 is 0 Å². The lowest BCUT2D eigenvalue weighted by molar-refractivity contribution is -0.132. The summed E-state index contributed by atoms with van der Waals surface area (Å²) in [7, 11) is 5.80. The lowest BCUT2D eigenvalue weighted by atomic mass is 9.99. The fraction of sp³-hybridized carbons (Fsp3) is 0.400. The molecule has 0 aliphatic carbocycles. The molecule has 0 unspecified atom stereocenters. The van der Waals surface area contributed by atoms with E-state index in [9.17, 15) is 4.79 Å². The van der Waals surface area contributed by atoms with Crippen LogP contribution in [0.15, 0.2) is 48.5 Å². The number of amides is 1. The smallest absolute Gasteiger partial charge is 0.222 e. The molecule has 4 rings (SSSR count). The van der Waals surface area contributed by atoms with Gasteiger partial charge in [-0.3, -0.25) is 4.79 Å². The van der Waals surface area contributed by atoms with Gasteiger partial charge in [-0.15, -0.1) is 0 Å². The van der Waals surface area contributed by atoms with E-state index in [1.54, 1.807) is 7.11 Å². The summed E-state index contributed by atoms with van der Waals surface area (Å²) < 4.78 is 5.30. The van der Waals surface area contributed by atoms with Crippen molar-refractivity contribution in [3.8, 4) is 17.0 Å². The highest BCUT2D eigenvalue weighted by atomic mass is 16.5. The number of ether oxygens (including phenoxy) is 1. The SMILES string of the molecule is COc1ccc(-c2[nH]c3ccccc3c2CCC(=O)N(C)C2CCN(C)CC2)cc1. The van der Waals surface area contributed by atoms with E-state index in [1.807, 2.05) is 30.1 Å². The number of para-hydroxylation sites is 1. The van der Waals surface area contributed by atoms with E-state index in [4.69, 9.17) is 4.74 Å². The molecule has 1 fully saturated rings. The van der Waals surface area contributed by atoms with Crippen molar-refractivity contribution in [1.29, 1.82) is 0 Å². The number of carbonyl (C=O) groups is 1. The summed E-state index contributed by atoms with van der Waals surface area (Å²) in [5, 5.41) is 1.19. The third-order valence-corrected chi connectivity index (χ3v) is 6.41. The van der Waals surface area contributed by atoms with Gasteiger partial charge in [0.1, 0.15) is 5.75 Å². The largest absolute Gasteiger partial charge is 0.497 e. The Bertz CT molecular complexity index is 1000. The maximum Gasteiger partial charge on any atom is 0.222 e. The van der Waals surface area contributed by atoms with E-state index in [0.29, 0.717) is 12.5 Å². The van der Waals surface area contributed by atoms with E-state index in [1.165, 1.54) is 10.9 Å². The number of rotatable bonds is 6. The minimum atomic E-state index is 0.232. The second-order valence-electron chi connectivity index (χ2n) is 8.29. The van der Waals surface area contributed by atoms with Gasteiger partial charge in [-0.25, -0.2) is 0 Å². The molecule has 5 nitrogen and oxygen atoms in total. The highest BCUT2D eigenvalue weighted by Gasteiger charge is 2.24. The number of methoxy groups -OCH3 is 1. The summed E-state index contributed by atoms with van der Waals surface area (Å²) in [5.74, 6) is 1.07. The zero-order valence-electron chi connectivity index (χ0n) is 18.1. The molecule has 1 aliphatic heterocycles. The molecule has 5 heteroatoms. The number of carbonyl (C=O) groups excluding carboxylic acids is 1. The molecule has 158 valence electrons. The van der Waals surface area contributed by atoms with Gasteiger partial charge in [0.25, 0.3) is 0 Å². The van der Waals surface area contributed by atoms with Crippen molar-refractivity contribution >= 4 is 16.8 Å². The lowest BCUT2D eigenvalue weighted by Crippen LogP contribution is -2.44. The van der Waals surface area contributed by atoms with Gasteiger partial charge < -0.3 is 19.5 Å². The fourth-order valence-electron chi connectivity index (χ4n) is 4.46. The summed E-state index contributed by atoms with van der Waals surface area (Å²) in [5.41, 5.74) is 4.52. The molecular weight excluding hydrogens is 374 g/mol. The molecule has 0 radical (unpaired) electrons. The van der Waals surface area contributed by atoms with Crippen LogP contribution in [0.1, 0.15) is 24.8 Å². The third-order valence-electron chi connectivity index (χ3n) is 6.41. The molecule has 0 saturated carbocycles. The summed E-state index contributed by atoms with van der Waals surface area (Å²) in [6, 6.07) is 16.8. The summed E-state index contributed by atoms with van der Waals surface area (Å²) >= 11 is 0. The van der Waals surface area contributed by atoms with E-state index in [-0.39, 0.29) is 5.91 Å². The fourth-order valence-corrected chi connectivity index (χ4v) is 4.46. The monoisotopic (exact) mass is 405 g/mol. The normalized spacial score (nSPS) is 15.4. The number of fused-ring (bicyclic) bond motifs is 1. The predicted octanol–water partition coefficient (Wildman–Crippen LogP) is 4.33. The number of hydrogen-bond donors (Lipinski definition) is 1. The lowest BCUT2D eigenvalue weighted by Gasteiger charge is -2.35. The predicted molar refractivity (Wildman–Crippen MR) is 122 cm³/mol. The molecule has 2 aromatic carbocycles. The van der Waals surface area contributed by atoms with Crippen molar-refractivity contribution in [3.63, 3.8) is 0 Å². The molecule has 0 spiro atoms. The second-order valence-corrected chi connectivity index (χ2v) is 8.29. The average molecular weight is 406 g/mol. The van der Waals surface area contributed by atoms with Crippen molar-refractivity contribution in [1.82, 2.24) is 14.8 Å². The van der Waals surface area contributed by atoms with E-state index in [0.717, 1.165) is 54.9 Å². The van der Waals surface area contributed by atoms with Gasteiger partial charge in [0.15, 0.2) is 0 Å². The zero-order chi connectivity index (χ0) is 21.1. The van der Waals surface area contributed by atoms with Gasteiger partial charge in [-0.05, 0) is 80.9 Å². The summed E-state index contributed by atoms with van der Waals surface area (Å²) in [6.45, 7) is 2.12. The number of aryl methyl sites for hydroxylation is 1. The van der Waals surface area contributed by atoms with Crippen LogP contribution in [0.25, 0.3) is 22.2 Å². The number of hydrogen-bond acceptors (Lipinski definition) is 3. The van der Waals surface area contributed by atoms with Crippen LogP contribution in [-0.2, 0) is 11.2 Å². The average Bonchev–Trinajstić information content (AvgIpc) is 3.16. The van der Waals surface area contributed by atoms with E-state index < -0.39 is 0 Å². The molecule has 1 aromatic heterocycles. The number of piperidine rings is 1. The number of nitrogens with zero attached hydrogens (tertiary/aromatic N) is 2. The number of aromatic amines is 1. The van der Waals surface area contributed by atoms with Crippen LogP contribution < -0.4 is 4.74 Å². The standard InChI is InChI=1S/C25H31N3O2/c1-27-16-14-19(15-17-27)28(2)24(29)13-12-22-21-6-4-5-7-23(21)26-25(22)18-8-10-20(30-3)11-9-18/h4-11,19,26H,12-17H2,1-3H3. The highest BCUT2D eigenvalue weighted by Crippen LogP contribution is 2.32. The Morgan fingerprint density at radius 1 is 1.13 bits per heavy atom. The number of H-pyrrole nitrogens is 1. The van der Waals surface area contributed by atoms with E-state index in [2.05, 4.69) is 47.3 Å². The van der Waals surface area contributed by atoms with Crippen LogP contribution in [0.3, 0.4) is 0 Å². The van der Waals surface area contributed by atoms with Crippen LogP contribution in [0.2, 0.25) is 0 Å². The Morgan fingerprint density at radius 2 is 1.83 bits per heavy atom. The van der Waals surface area contributed by atoms with Crippen molar-refractivity contribution in [2.75, 3.05) is 34.3 Å². The molecule has 0 bridgehead atoms. The van der Waals surface area contributed by atoms with Crippen molar-refractivity contribution in [2.24, 2.45) is 0 Å². The molecule has 30 heavy (non-hydrogen) atoms. The zero-order valence-corrected chi connectivity index (χ0v) is 18.1. The first-order valence-corrected chi connectivity index (χ1v) is 10.7. The minimum Gasteiger partial charge on any atom is -0.497 e. The van der Waals surface area contributed by atoms with Crippen LogP contribution in [0, 0.1) is 0 Å². The van der Waals surface area contributed by atoms with Crippen molar-refractivity contribution in [3.05, 3.63) is 54.1 Å². The van der Waals surface area contributed by atoms with Gasteiger partial charge in [0, 0.05) is 36.1 Å². The number of benzene rings is 2. The molecule has 3 aromatic rings. The molecule has 0 atom stereocenters. The van der Waals surface area contributed by atoms with Gasteiger partial charge in [-0.2, -0.15) is 0 Å². The summed E-state index contributed by atoms with van der Waals surface area (Å²) in [6.07, 6.45) is 3.36. The van der Waals surface area contributed by atoms with Crippen molar-refractivity contribution in [2.45, 2.75) is 31.7 Å². The Balaban J connectivity index is 1.55. The Labute approximate surface area is 178 Å². The van der Waals surface area contributed by atoms with Gasteiger partial charge in [0.05, 0.1) is 7.11 Å². The maximum absolute atomic E-state index is 13.0. The Kier molecular flexibility index (Phi) is 6.09. The van der Waals surface area contributed by atoms with Gasteiger partial charge in [-0.1, -0.05) is 18.2 Å². The second kappa shape index (κ2) is 8.92. The Morgan fingerprint density at radius 3 is 2.53 bits per heavy atom. The maximum atomic E-state index is 13.0. The minimum absolute atomic E-state index is 0.232. The van der Waals surface area contributed by atoms with Crippen LogP contribution in [0.4, 0.5) is 0 Å². The molecule has 1 N–H and O–H groups in total. The van der Waals surface area contributed by atoms with Crippen LogP contribution in [-0.4, -0.2) is 61.0 Å². The quantitative estimate of drug-likeness (QED) is 0.664. The van der Waals surface area contributed by atoms with Crippen molar-refractivity contribution < 1.29 is 9.53 Å². The molecule has 2 heterocycles.